The number of hydrogen-bond acceptors (Lipinski definition) is 4. The van der Waals surface area contributed by atoms with Crippen molar-refractivity contribution in [2.45, 2.75) is 10.6 Å². The average Bonchev–Trinajstić information content (AvgIpc) is 2.66. The summed E-state index contributed by atoms with van der Waals surface area (Å²) in [4.78, 5) is 18.1. The zero-order valence-corrected chi connectivity index (χ0v) is 16.2. The van der Waals surface area contributed by atoms with Crippen LogP contribution in [0, 0.1) is 0 Å². The van der Waals surface area contributed by atoms with E-state index in [0.717, 1.165) is 10.5 Å². The third-order valence-electron chi connectivity index (χ3n) is 3.74. The summed E-state index contributed by atoms with van der Waals surface area (Å²) in [6.07, 6.45) is 0. The van der Waals surface area contributed by atoms with Crippen LogP contribution in [0.15, 0.2) is 65.6 Å². The van der Waals surface area contributed by atoms with Crippen LogP contribution >= 0.6 is 35.0 Å². The van der Waals surface area contributed by atoms with E-state index in [1.807, 2.05) is 30.3 Å². The molecule has 0 aliphatic rings. The van der Waals surface area contributed by atoms with Gasteiger partial charge in [0, 0.05) is 16.2 Å². The maximum atomic E-state index is 13.0. The third kappa shape index (κ3) is 4.39. The number of benzene rings is 2. The van der Waals surface area contributed by atoms with Gasteiger partial charge in [0.25, 0.3) is 0 Å². The minimum Gasteiger partial charge on any atom is -0.497 e. The topological polar surface area (TPSA) is 39.2 Å². The van der Waals surface area contributed by atoms with Gasteiger partial charge in [-0.2, -0.15) is 0 Å². The van der Waals surface area contributed by atoms with Crippen LogP contribution in [-0.4, -0.2) is 17.9 Å². The van der Waals surface area contributed by atoms with Crippen molar-refractivity contribution in [3.63, 3.8) is 0 Å². The molecule has 6 heteroatoms. The standard InChI is InChI=1S/C20H15Cl2NO2S/c1-25-15-9-7-13(8-10-15)19(24)18-14(11-17(21)23-20(18)22)12-26-16-5-3-2-4-6-16/h2-11H,12H2,1H3. The lowest BCUT2D eigenvalue weighted by Gasteiger charge is -2.11. The van der Waals surface area contributed by atoms with Crippen LogP contribution in [-0.2, 0) is 5.75 Å². The van der Waals surface area contributed by atoms with Crippen molar-refractivity contribution in [1.29, 1.82) is 0 Å². The SMILES string of the molecule is COc1ccc(C(=O)c2c(CSc3ccccc3)cc(Cl)nc2Cl)cc1. The third-order valence-corrected chi connectivity index (χ3v) is 5.27. The number of halogens is 2. The fourth-order valence-electron chi connectivity index (χ4n) is 2.45. The molecule has 3 aromatic rings. The second-order valence-corrected chi connectivity index (χ2v) is 7.22. The van der Waals surface area contributed by atoms with E-state index >= 15 is 0 Å². The first-order valence-electron chi connectivity index (χ1n) is 7.80. The number of methoxy groups -OCH3 is 1. The number of pyridine rings is 1. The molecule has 0 N–H and O–H groups in total. The van der Waals surface area contributed by atoms with Gasteiger partial charge in [0.2, 0.25) is 0 Å². The largest absolute Gasteiger partial charge is 0.497 e. The summed E-state index contributed by atoms with van der Waals surface area (Å²) < 4.78 is 5.13. The Morgan fingerprint density at radius 2 is 1.77 bits per heavy atom. The maximum Gasteiger partial charge on any atom is 0.196 e. The summed E-state index contributed by atoms with van der Waals surface area (Å²) >= 11 is 13.9. The predicted molar refractivity (Wildman–Crippen MR) is 107 cm³/mol. The molecule has 132 valence electrons. The van der Waals surface area contributed by atoms with Gasteiger partial charge in [-0.1, -0.05) is 41.4 Å². The van der Waals surface area contributed by atoms with Gasteiger partial charge in [0.1, 0.15) is 16.1 Å². The number of nitrogens with zero attached hydrogens (tertiary/aromatic N) is 1. The van der Waals surface area contributed by atoms with Gasteiger partial charge in [-0.05, 0) is 48.0 Å². The van der Waals surface area contributed by atoms with Gasteiger partial charge >= 0.3 is 0 Å². The van der Waals surface area contributed by atoms with Gasteiger partial charge in [-0.3, -0.25) is 4.79 Å². The van der Waals surface area contributed by atoms with Crippen molar-refractivity contribution in [2.24, 2.45) is 0 Å². The Bertz CT molecular complexity index is 915. The number of ketones is 1. The zero-order valence-electron chi connectivity index (χ0n) is 13.9. The first-order chi connectivity index (χ1) is 12.6. The summed E-state index contributed by atoms with van der Waals surface area (Å²) in [5, 5.41) is 0.381. The van der Waals surface area contributed by atoms with Crippen LogP contribution in [0.25, 0.3) is 0 Å². The highest BCUT2D eigenvalue weighted by Gasteiger charge is 2.20. The smallest absolute Gasteiger partial charge is 0.196 e. The van der Waals surface area contributed by atoms with Crippen LogP contribution in [0.5, 0.6) is 5.75 Å². The molecular weight excluding hydrogens is 389 g/mol. The van der Waals surface area contributed by atoms with Crippen molar-refractivity contribution < 1.29 is 9.53 Å². The van der Waals surface area contributed by atoms with E-state index in [1.165, 1.54) is 0 Å². The Morgan fingerprint density at radius 1 is 1.08 bits per heavy atom. The number of thioether (sulfide) groups is 1. The number of carbonyl (C=O) groups excluding carboxylic acids is 1. The van der Waals surface area contributed by atoms with Gasteiger partial charge in [-0.15, -0.1) is 11.8 Å². The molecule has 0 saturated heterocycles. The lowest BCUT2D eigenvalue weighted by atomic mass is 10.0. The van der Waals surface area contributed by atoms with Gasteiger partial charge in [0.15, 0.2) is 5.78 Å². The molecule has 0 bridgehead atoms. The molecule has 0 radical (unpaired) electrons. The summed E-state index contributed by atoms with van der Waals surface area (Å²) in [5.41, 5.74) is 1.65. The zero-order chi connectivity index (χ0) is 18.5. The first kappa shape index (κ1) is 18.8. The normalized spacial score (nSPS) is 10.6. The Kier molecular flexibility index (Phi) is 6.20. The van der Waals surface area contributed by atoms with Crippen molar-refractivity contribution in [3.8, 4) is 5.75 Å². The van der Waals surface area contributed by atoms with E-state index in [9.17, 15) is 4.79 Å². The second-order valence-electron chi connectivity index (χ2n) is 5.43. The van der Waals surface area contributed by atoms with Crippen LogP contribution in [0.4, 0.5) is 0 Å². The summed E-state index contributed by atoms with van der Waals surface area (Å²) in [5.74, 6) is 1.05. The van der Waals surface area contributed by atoms with E-state index < -0.39 is 0 Å². The summed E-state index contributed by atoms with van der Waals surface area (Å²) in [6, 6.07) is 18.5. The number of hydrogen-bond donors (Lipinski definition) is 0. The molecular formula is C20H15Cl2NO2S. The molecule has 0 aliphatic heterocycles. The minimum absolute atomic E-state index is 0.113. The molecule has 0 aliphatic carbocycles. The Balaban J connectivity index is 1.93. The quantitative estimate of drug-likeness (QED) is 0.290. The highest BCUT2D eigenvalue weighted by atomic mass is 35.5. The van der Waals surface area contributed by atoms with Crippen LogP contribution in [0.2, 0.25) is 10.3 Å². The van der Waals surface area contributed by atoms with Gasteiger partial charge in [-0.25, -0.2) is 4.98 Å². The van der Waals surface area contributed by atoms with Crippen molar-refractivity contribution >= 4 is 40.7 Å². The number of ether oxygens (including phenoxy) is 1. The van der Waals surface area contributed by atoms with Gasteiger partial charge < -0.3 is 4.74 Å². The molecule has 3 rings (SSSR count). The van der Waals surface area contributed by atoms with Crippen LogP contribution in [0.1, 0.15) is 21.5 Å². The number of carbonyl (C=O) groups is 1. The molecule has 26 heavy (non-hydrogen) atoms. The summed E-state index contributed by atoms with van der Waals surface area (Å²) in [7, 11) is 1.58. The highest BCUT2D eigenvalue weighted by molar-refractivity contribution is 7.98. The molecule has 2 aromatic carbocycles. The maximum absolute atomic E-state index is 13.0. The van der Waals surface area contributed by atoms with E-state index in [1.54, 1.807) is 49.2 Å². The lowest BCUT2D eigenvalue weighted by molar-refractivity contribution is 0.103. The Labute approximate surface area is 166 Å². The molecule has 0 fully saturated rings. The monoisotopic (exact) mass is 403 g/mol. The predicted octanol–water partition coefficient (Wildman–Crippen LogP) is 5.92. The van der Waals surface area contributed by atoms with Crippen molar-refractivity contribution in [3.05, 3.63) is 87.7 Å². The fraction of sp³-hybridized carbons (Fsp3) is 0.100. The van der Waals surface area contributed by atoms with E-state index in [4.69, 9.17) is 27.9 Å². The van der Waals surface area contributed by atoms with Crippen molar-refractivity contribution in [2.75, 3.05) is 7.11 Å². The molecule has 1 aromatic heterocycles. The van der Waals surface area contributed by atoms with E-state index in [0.29, 0.717) is 22.6 Å². The Morgan fingerprint density at radius 3 is 2.42 bits per heavy atom. The number of rotatable bonds is 6. The molecule has 3 nitrogen and oxygen atoms in total. The molecule has 0 atom stereocenters. The van der Waals surface area contributed by atoms with E-state index in [2.05, 4.69) is 4.98 Å². The first-order valence-corrected chi connectivity index (χ1v) is 9.54. The molecule has 1 heterocycles. The van der Waals surface area contributed by atoms with Crippen molar-refractivity contribution in [1.82, 2.24) is 4.98 Å². The number of aromatic nitrogens is 1. The minimum atomic E-state index is -0.189. The molecule has 0 unspecified atom stereocenters. The van der Waals surface area contributed by atoms with Crippen LogP contribution in [0.3, 0.4) is 0 Å². The highest BCUT2D eigenvalue weighted by Crippen LogP contribution is 2.30. The Hall–Kier alpha value is -2.01. The second kappa shape index (κ2) is 8.58. The molecule has 0 spiro atoms. The average molecular weight is 404 g/mol. The molecule has 0 saturated carbocycles. The van der Waals surface area contributed by atoms with Gasteiger partial charge in [0.05, 0.1) is 12.7 Å². The summed E-state index contributed by atoms with van der Waals surface area (Å²) in [6.45, 7) is 0. The molecule has 0 amide bonds. The fourth-order valence-corrected chi connectivity index (χ4v) is 3.91. The van der Waals surface area contributed by atoms with Crippen LogP contribution < -0.4 is 4.74 Å². The lowest BCUT2D eigenvalue weighted by Crippen LogP contribution is -2.08. The van der Waals surface area contributed by atoms with E-state index in [-0.39, 0.29) is 16.1 Å².